The molecule has 5 nitrogen and oxygen atoms in total. The highest BCUT2D eigenvalue weighted by atomic mass is 16.5. The Morgan fingerprint density at radius 1 is 1.83 bits per heavy atom. The number of carboxylic acid groups (broad SMARTS) is 1. The molecule has 0 aliphatic rings. The molecule has 0 aliphatic carbocycles. The van der Waals surface area contributed by atoms with Gasteiger partial charge in [0, 0.05) is 6.61 Å². The van der Waals surface area contributed by atoms with Gasteiger partial charge in [0.1, 0.15) is 6.61 Å². The summed E-state index contributed by atoms with van der Waals surface area (Å²) in [6, 6.07) is 0. The molecule has 0 saturated carbocycles. The largest absolute Gasteiger partial charge is 0.476 e. The molecule has 0 atom stereocenters. The van der Waals surface area contributed by atoms with Crippen molar-refractivity contribution in [3.05, 3.63) is 17.8 Å². The third-order valence-corrected chi connectivity index (χ3v) is 1.28. The zero-order chi connectivity index (χ0) is 8.97. The van der Waals surface area contributed by atoms with Crippen molar-refractivity contribution >= 4 is 5.97 Å². The quantitative estimate of drug-likeness (QED) is 0.728. The number of carbonyl (C=O) groups is 1. The van der Waals surface area contributed by atoms with E-state index in [9.17, 15) is 4.79 Å². The number of aromatic carboxylic acids is 1. The molecule has 1 aromatic heterocycles. The summed E-state index contributed by atoms with van der Waals surface area (Å²) in [5.74, 6) is -0.845. The van der Waals surface area contributed by atoms with Crippen LogP contribution in [0, 0.1) is 0 Å². The van der Waals surface area contributed by atoms with Crippen LogP contribution in [-0.4, -0.2) is 22.7 Å². The Morgan fingerprint density at radius 2 is 2.58 bits per heavy atom. The van der Waals surface area contributed by atoms with Crippen LogP contribution < -0.4 is 0 Å². The molecule has 0 fully saturated rings. The van der Waals surface area contributed by atoms with Gasteiger partial charge in [0.15, 0.2) is 17.8 Å². The maximum absolute atomic E-state index is 10.5. The lowest BCUT2D eigenvalue weighted by atomic mass is 10.3. The number of ether oxygens (including phenoxy) is 1. The molecule has 0 saturated heterocycles. The van der Waals surface area contributed by atoms with E-state index in [4.69, 9.17) is 14.3 Å². The third kappa shape index (κ3) is 1.82. The predicted octanol–water partition coefficient (Wildman–Crippen LogP) is 0.909. The molecule has 1 rings (SSSR count). The van der Waals surface area contributed by atoms with Crippen molar-refractivity contribution in [3.63, 3.8) is 0 Å². The zero-order valence-electron chi connectivity index (χ0n) is 6.61. The second kappa shape index (κ2) is 3.87. The van der Waals surface area contributed by atoms with Gasteiger partial charge in [-0.15, -0.1) is 0 Å². The van der Waals surface area contributed by atoms with Crippen LogP contribution in [0.25, 0.3) is 0 Å². The second-order valence-electron chi connectivity index (χ2n) is 2.07. The van der Waals surface area contributed by atoms with E-state index in [0.717, 1.165) is 6.39 Å². The number of hydrogen-bond acceptors (Lipinski definition) is 4. The van der Waals surface area contributed by atoms with Crippen molar-refractivity contribution in [2.24, 2.45) is 0 Å². The normalized spacial score (nSPS) is 10.1. The molecule has 0 amide bonds. The van der Waals surface area contributed by atoms with E-state index in [2.05, 4.69) is 4.98 Å². The highest BCUT2D eigenvalue weighted by Crippen LogP contribution is 2.07. The molecule has 0 bridgehead atoms. The number of oxazole rings is 1. The predicted molar refractivity (Wildman–Crippen MR) is 38.8 cm³/mol. The van der Waals surface area contributed by atoms with E-state index in [0.29, 0.717) is 6.61 Å². The van der Waals surface area contributed by atoms with Gasteiger partial charge in [0.05, 0.1) is 0 Å². The average molecular weight is 171 g/mol. The highest BCUT2D eigenvalue weighted by molar-refractivity contribution is 5.86. The molecule has 66 valence electrons. The van der Waals surface area contributed by atoms with E-state index in [1.165, 1.54) is 0 Å². The van der Waals surface area contributed by atoms with Crippen LogP contribution >= 0.6 is 0 Å². The van der Waals surface area contributed by atoms with Crippen LogP contribution in [0.4, 0.5) is 0 Å². The summed E-state index contributed by atoms with van der Waals surface area (Å²) in [5, 5.41) is 8.58. The van der Waals surface area contributed by atoms with Gasteiger partial charge in [0.25, 0.3) is 0 Å². The molecule has 1 aromatic rings. The molecule has 12 heavy (non-hydrogen) atoms. The van der Waals surface area contributed by atoms with Crippen LogP contribution in [0.5, 0.6) is 0 Å². The van der Waals surface area contributed by atoms with Crippen molar-refractivity contribution in [1.82, 2.24) is 4.98 Å². The number of rotatable bonds is 4. The maximum atomic E-state index is 10.5. The zero-order valence-corrected chi connectivity index (χ0v) is 6.61. The molecule has 5 heteroatoms. The van der Waals surface area contributed by atoms with Crippen molar-refractivity contribution in [3.8, 4) is 0 Å². The van der Waals surface area contributed by atoms with Gasteiger partial charge in [-0.3, -0.25) is 0 Å². The van der Waals surface area contributed by atoms with Crippen LogP contribution in [0.2, 0.25) is 0 Å². The fourth-order valence-electron chi connectivity index (χ4n) is 0.742. The first-order valence-corrected chi connectivity index (χ1v) is 3.49. The van der Waals surface area contributed by atoms with E-state index in [-0.39, 0.29) is 18.1 Å². The SMILES string of the molecule is CCOCc1ocnc1C(=O)O. The summed E-state index contributed by atoms with van der Waals surface area (Å²) in [4.78, 5) is 14.0. The minimum absolute atomic E-state index is 0.0801. The van der Waals surface area contributed by atoms with Gasteiger partial charge >= 0.3 is 5.97 Å². The van der Waals surface area contributed by atoms with Gasteiger partial charge in [0.2, 0.25) is 0 Å². The number of hydrogen-bond donors (Lipinski definition) is 1. The standard InChI is InChI=1S/C7H9NO4/c1-2-11-3-5-6(7(9)10)8-4-12-5/h4H,2-3H2,1H3,(H,9,10). The lowest BCUT2D eigenvalue weighted by Gasteiger charge is -1.96. The highest BCUT2D eigenvalue weighted by Gasteiger charge is 2.14. The summed E-state index contributed by atoms with van der Waals surface area (Å²) in [6.45, 7) is 2.48. The van der Waals surface area contributed by atoms with E-state index in [1.54, 1.807) is 0 Å². The van der Waals surface area contributed by atoms with Crippen LogP contribution in [0.15, 0.2) is 10.8 Å². The van der Waals surface area contributed by atoms with Gasteiger partial charge < -0.3 is 14.3 Å². The second-order valence-corrected chi connectivity index (χ2v) is 2.07. The fraction of sp³-hybridized carbons (Fsp3) is 0.429. The first-order chi connectivity index (χ1) is 5.75. The molecule has 0 spiro atoms. The fourth-order valence-corrected chi connectivity index (χ4v) is 0.742. The van der Waals surface area contributed by atoms with E-state index >= 15 is 0 Å². The van der Waals surface area contributed by atoms with Crippen LogP contribution in [0.1, 0.15) is 23.2 Å². The summed E-state index contributed by atoms with van der Waals surface area (Å²) in [7, 11) is 0. The Morgan fingerprint density at radius 3 is 3.17 bits per heavy atom. The Labute approximate surface area is 69.0 Å². The average Bonchev–Trinajstić information content (AvgIpc) is 2.48. The topological polar surface area (TPSA) is 72.6 Å². The minimum atomic E-state index is -1.10. The first-order valence-electron chi connectivity index (χ1n) is 3.49. The molecule has 1 heterocycles. The lowest BCUT2D eigenvalue weighted by molar-refractivity contribution is 0.0677. The third-order valence-electron chi connectivity index (χ3n) is 1.28. The molecule has 1 N–H and O–H groups in total. The van der Waals surface area contributed by atoms with Crippen LogP contribution in [0.3, 0.4) is 0 Å². The number of carboxylic acids is 1. The summed E-state index contributed by atoms with van der Waals surface area (Å²) < 4.78 is 9.78. The number of aromatic nitrogens is 1. The molecule has 0 unspecified atom stereocenters. The first kappa shape index (κ1) is 8.73. The monoisotopic (exact) mass is 171 g/mol. The summed E-state index contributed by atoms with van der Waals surface area (Å²) >= 11 is 0. The lowest BCUT2D eigenvalue weighted by Crippen LogP contribution is -2.02. The van der Waals surface area contributed by atoms with Gasteiger partial charge in [-0.05, 0) is 6.92 Å². The van der Waals surface area contributed by atoms with Gasteiger partial charge in [-0.25, -0.2) is 9.78 Å². The Hall–Kier alpha value is -1.36. The van der Waals surface area contributed by atoms with E-state index < -0.39 is 5.97 Å². The number of nitrogens with zero attached hydrogens (tertiary/aromatic N) is 1. The summed E-state index contributed by atoms with van der Waals surface area (Å²) in [6.07, 6.45) is 1.10. The van der Waals surface area contributed by atoms with Crippen LogP contribution in [-0.2, 0) is 11.3 Å². The van der Waals surface area contributed by atoms with Crippen molar-refractivity contribution in [2.75, 3.05) is 6.61 Å². The van der Waals surface area contributed by atoms with Crippen molar-refractivity contribution in [1.29, 1.82) is 0 Å². The molecule has 0 radical (unpaired) electrons. The minimum Gasteiger partial charge on any atom is -0.476 e. The Kier molecular flexibility index (Phi) is 2.82. The Bertz CT molecular complexity index is 268. The molecule has 0 aliphatic heterocycles. The molecule has 0 aromatic carbocycles. The van der Waals surface area contributed by atoms with Gasteiger partial charge in [-0.1, -0.05) is 0 Å². The maximum Gasteiger partial charge on any atom is 0.358 e. The van der Waals surface area contributed by atoms with E-state index in [1.807, 2.05) is 6.92 Å². The Balaban J connectivity index is 2.70. The molecular weight excluding hydrogens is 162 g/mol. The smallest absolute Gasteiger partial charge is 0.358 e. The summed E-state index contributed by atoms with van der Waals surface area (Å²) in [5.41, 5.74) is -0.0801. The molecular formula is C7H9NO4. The van der Waals surface area contributed by atoms with Gasteiger partial charge in [-0.2, -0.15) is 0 Å². The van der Waals surface area contributed by atoms with Crippen molar-refractivity contribution in [2.45, 2.75) is 13.5 Å². The van der Waals surface area contributed by atoms with Crippen molar-refractivity contribution < 1.29 is 19.1 Å².